The highest BCUT2D eigenvalue weighted by atomic mass is 16.5. The van der Waals surface area contributed by atoms with Crippen molar-refractivity contribution in [2.24, 2.45) is 11.8 Å². The number of hydrogen-bond acceptors (Lipinski definition) is 3. The van der Waals surface area contributed by atoms with E-state index in [1.54, 1.807) is 12.1 Å². The first-order chi connectivity index (χ1) is 17.2. The SMILES string of the molecule is CCCCCc1ccc(OC(=O)c2ccc(OCCCC3CCCCC3CCCCC)cc2)cc1. The molecule has 0 aromatic heterocycles. The first-order valence-corrected chi connectivity index (χ1v) is 14.2. The number of benzene rings is 2. The zero-order valence-corrected chi connectivity index (χ0v) is 22.1. The highest BCUT2D eigenvalue weighted by Gasteiger charge is 2.24. The third kappa shape index (κ3) is 9.70. The van der Waals surface area contributed by atoms with Gasteiger partial charge in [0.25, 0.3) is 0 Å². The lowest BCUT2D eigenvalue weighted by molar-refractivity contribution is 0.0734. The highest BCUT2D eigenvalue weighted by Crippen LogP contribution is 2.36. The lowest BCUT2D eigenvalue weighted by atomic mass is 9.74. The molecule has 2 unspecified atom stereocenters. The number of ether oxygens (including phenoxy) is 2. The van der Waals surface area contributed by atoms with Gasteiger partial charge >= 0.3 is 5.97 Å². The summed E-state index contributed by atoms with van der Waals surface area (Å²) in [7, 11) is 0. The van der Waals surface area contributed by atoms with Gasteiger partial charge in [0.15, 0.2) is 0 Å². The topological polar surface area (TPSA) is 35.5 Å². The van der Waals surface area contributed by atoms with Crippen molar-refractivity contribution < 1.29 is 14.3 Å². The van der Waals surface area contributed by atoms with E-state index in [0.717, 1.165) is 37.0 Å². The Bertz CT molecular complexity index is 840. The molecule has 192 valence electrons. The minimum absolute atomic E-state index is 0.332. The van der Waals surface area contributed by atoms with Gasteiger partial charge in [-0.1, -0.05) is 90.2 Å². The van der Waals surface area contributed by atoms with Gasteiger partial charge in [0.05, 0.1) is 12.2 Å². The van der Waals surface area contributed by atoms with Gasteiger partial charge in [-0.05, 0) is 79.5 Å². The molecule has 0 saturated heterocycles. The Balaban J connectivity index is 1.38. The van der Waals surface area contributed by atoms with Crippen molar-refractivity contribution in [2.75, 3.05) is 6.61 Å². The minimum atomic E-state index is -0.332. The monoisotopic (exact) mass is 478 g/mol. The summed E-state index contributed by atoms with van der Waals surface area (Å²) in [4.78, 5) is 12.5. The molecule has 1 aliphatic rings. The quantitative estimate of drug-likeness (QED) is 0.145. The summed E-state index contributed by atoms with van der Waals surface area (Å²) >= 11 is 0. The Kier molecular flexibility index (Phi) is 12.2. The highest BCUT2D eigenvalue weighted by molar-refractivity contribution is 5.91. The van der Waals surface area contributed by atoms with Crippen LogP contribution in [0.1, 0.15) is 113 Å². The van der Waals surface area contributed by atoms with Crippen LogP contribution < -0.4 is 9.47 Å². The number of esters is 1. The predicted octanol–water partition coefficient (Wildman–Crippen LogP) is 9.18. The van der Waals surface area contributed by atoms with Gasteiger partial charge in [-0.15, -0.1) is 0 Å². The van der Waals surface area contributed by atoms with E-state index in [2.05, 4.69) is 26.0 Å². The Morgan fingerprint density at radius 1 is 0.743 bits per heavy atom. The van der Waals surface area contributed by atoms with Crippen LogP contribution in [0.3, 0.4) is 0 Å². The molecule has 2 aromatic rings. The summed E-state index contributed by atoms with van der Waals surface area (Å²) in [6.45, 7) is 5.24. The first kappa shape index (κ1) is 27.3. The molecule has 3 rings (SSSR count). The molecule has 1 fully saturated rings. The van der Waals surface area contributed by atoms with E-state index in [0.29, 0.717) is 11.3 Å². The van der Waals surface area contributed by atoms with Crippen LogP contribution in [0.25, 0.3) is 0 Å². The van der Waals surface area contributed by atoms with Crippen molar-refractivity contribution in [3.63, 3.8) is 0 Å². The Morgan fingerprint density at radius 3 is 2.00 bits per heavy atom. The van der Waals surface area contributed by atoms with E-state index in [-0.39, 0.29) is 5.97 Å². The summed E-state index contributed by atoms with van der Waals surface area (Å²) in [6.07, 6.45) is 18.3. The van der Waals surface area contributed by atoms with Crippen LogP contribution in [0.2, 0.25) is 0 Å². The Morgan fingerprint density at radius 2 is 1.34 bits per heavy atom. The third-order valence-electron chi connectivity index (χ3n) is 7.53. The van der Waals surface area contributed by atoms with Crippen molar-refractivity contribution in [2.45, 2.75) is 104 Å². The van der Waals surface area contributed by atoms with Crippen molar-refractivity contribution in [3.8, 4) is 11.5 Å². The molecule has 1 saturated carbocycles. The maximum Gasteiger partial charge on any atom is 0.343 e. The Labute approximate surface area is 213 Å². The summed E-state index contributed by atoms with van der Waals surface area (Å²) in [6, 6.07) is 15.2. The number of carbonyl (C=O) groups excluding carboxylic acids is 1. The molecule has 1 aliphatic carbocycles. The average Bonchev–Trinajstić information content (AvgIpc) is 2.89. The fourth-order valence-electron chi connectivity index (χ4n) is 5.39. The summed E-state index contributed by atoms with van der Waals surface area (Å²) in [5.74, 6) is 2.89. The van der Waals surface area contributed by atoms with Crippen LogP contribution >= 0.6 is 0 Å². The number of rotatable bonds is 15. The molecule has 2 aromatic carbocycles. The molecule has 0 bridgehead atoms. The van der Waals surface area contributed by atoms with Crippen molar-refractivity contribution in [1.82, 2.24) is 0 Å². The number of carbonyl (C=O) groups is 1. The normalized spacial score (nSPS) is 17.8. The molecule has 0 spiro atoms. The zero-order chi connectivity index (χ0) is 24.7. The van der Waals surface area contributed by atoms with Gasteiger partial charge in [0.1, 0.15) is 11.5 Å². The summed E-state index contributed by atoms with van der Waals surface area (Å²) < 4.78 is 11.5. The smallest absolute Gasteiger partial charge is 0.343 e. The van der Waals surface area contributed by atoms with Crippen LogP contribution in [0.5, 0.6) is 11.5 Å². The standard InChI is InChI=1S/C32H46O3/c1-3-5-7-12-26-17-21-31(22-18-26)35-32(33)29-19-23-30(24-20-29)34-25-11-16-28-15-10-9-14-27(28)13-8-6-4-2/h17-24,27-28H,3-16,25H2,1-2H3. The fourth-order valence-corrected chi connectivity index (χ4v) is 5.39. The lowest BCUT2D eigenvalue weighted by Crippen LogP contribution is -2.20. The predicted molar refractivity (Wildman–Crippen MR) is 145 cm³/mol. The molecule has 0 radical (unpaired) electrons. The van der Waals surface area contributed by atoms with Crippen LogP contribution in [0.15, 0.2) is 48.5 Å². The second-order valence-corrected chi connectivity index (χ2v) is 10.3. The second-order valence-electron chi connectivity index (χ2n) is 10.3. The molecular formula is C32H46O3. The van der Waals surface area contributed by atoms with Gasteiger partial charge in [0, 0.05) is 0 Å². The van der Waals surface area contributed by atoms with Crippen molar-refractivity contribution >= 4 is 5.97 Å². The molecule has 2 atom stereocenters. The largest absolute Gasteiger partial charge is 0.494 e. The van der Waals surface area contributed by atoms with Crippen LogP contribution in [0.4, 0.5) is 0 Å². The first-order valence-electron chi connectivity index (χ1n) is 14.2. The molecule has 0 heterocycles. The van der Waals surface area contributed by atoms with Gasteiger partial charge in [-0.2, -0.15) is 0 Å². The molecule has 35 heavy (non-hydrogen) atoms. The molecule has 0 amide bonds. The maximum absolute atomic E-state index is 12.5. The average molecular weight is 479 g/mol. The minimum Gasteiger partial charge on any atom is -0.494 e. The molecular weight excluding hydrogens is 432 g/mol. The third-order valence-corrected chi connectivity index (χ3v) is 7.53. The molecule has 0 N–H and O–H groups in total. The fraction of sp³-hybridized carbons (Fsp3) is 0.594. The van der Waals surface area contributed by atoms with E-state index < -0.39 is 0 Å². The van der Waals surface area contributed by atoms with Crippen LogP contribution in [-0.2, 0) is 6.42 Å². The van der Waals surface area contributed by atoms with Gasteiger partial charge in [-0.25, -0.2) is 4.79 Å². The van der Waals surface area contributed by atoms with Crippen LogP contribution in [-0.4, -0.2) is 12.6 Å². The Hall–Kier alpha value is -2.29. The van der Waals surface area contributed by atoms with E-state index >= 15 is 0 Å². The van der Waals surface area contributed by atoms with E-state index in [1.165, 1.54) is 82.6 Å². The molecule has 3 heteroatoms. The summed E-state index contributed by atoms with van der Waals surface area (Å²) in [5, 5.41) is 0. The second kappa shape index (κ2) is 15.7. The van der Waals surface area contributed by atoms with E-state index in [4.69, 9.17) is 9.47 Å². The zero-order valence-electron chi connectivity index (χ0n) is 22.1. The van der Waals surface area contributed by atoms with Crippen molar-refractivity contribution in [1.29, 1.82) is 0 Å². The molecule has 0 aliphatic heterocycles. The van der Waals surface area contributed by atoms with Gasteiger partial charge < -0.3 is 9.47 Å². The number of aryl methyl sites for hydroxylation is 1. The molecule has 3 nitrogen and oxygen atoms in total. The van der Waals surface area contributed by atoms with Crippen molar-refractivity contribution in [3.05, 3.63) is 59.7 Å². The van der Waals surface area contributed by atoms with Gasteiger partial charge in [0.2, 0.25) is 0 Å². The summed E-state index contributed by atoms with van der Waals surface area (Å²) in [5.41, 5.74) is 1.83. The van der Waals surface area contributed by atoms with E-state index in [1.807, 2.05) is 24.3 Å². The van der Waals surface area contributed by atoms with Gasteiger partial charge in [-0.3, -0.25) is 0 Å². The number of hydrogen-bond donors (Lipinski definition) is 0. The lowest BCUT2D eigenvalue weighted by Gasteiger charge is -2.31. The maximum atomic E-state index is 12.5. The number of unbranched alkanes of at least 4 members (excludes halogenated alkanes) is 4. The van der Waals surface area contributed by atoms with Crippen LogP contribution in [0, 0.1) is 11.8 Å². The van der Waals surface area contributed by atoms with E-state index in [9.17, 15) is 4.79 Å².